The molecule has 0 radical (unpaired) electrons. The van der Waals surface area contributed by atoms with Crippen molar-refractivity contribution >= 4 is 11.9 Å². The largest absolute Gasteiger partial charge is 0.393 e. The summed E-state index contributed by atoms with van der Waals surface area (Å²) in [5.41, 5.74) is 1.16. The minimum absolute atomic E-state index is 0.195. The van der Waals surface area contributed by atoms with Gasteiger partial charge in [0, 0.05) is 0 Å². The van der Waals surface area contributed by atoms with E-state index in [0.29, 0.717) is 0 Å². The molecule has 3 aliphatic rings. The Morgan fingerprint density at radius 1 is 1.27 bits per heavy atom. The number of esters is 2. The Balaban J connectivity index is 1.93. The molecule has 2 bridgehead atoms. The van der Waals surface area contributed by atoms with Gasteiger partial charge in [0.15, 0.2) is 0 Å². The lowest BCUT2D eigenvalue weighted by Gasteiger charge is -2.16. The molecule has 2 saturated heterocycles. The molecule has 2 fully saturated rings. The van der Waals surface area contributed by atoms with Crippen molar-refractivity contribution in [2.45, 2.75) is 32.0 Å². The molecule has 0 saturated carbocycles. The quantitative estimate of drug-likeness (QED) is 0.383. The predicted molar refractivity (Wildman–Crippen MR) is 49.7 cm³/mol. The van der Waals surface area contributed by atoms with Crippen molar-refractivity contribution in [3.8, 4) is 0 Å². The maximum absolute atomic E-state index is 11.5. The first kappa shape index (κ1) is 9.09. The number of carbonyl (C=O) groups excluding carboxylic acids is 2. The van der Waals surface area contributed by atoms with Crippen LogP contribution in [0, 0.1) is 11.8 Å². The van der Waals surface area contributed by atoms with E-state index < -0.39 is 11.9 Å². The fraction of sp³-hybridized carbons (Fsp3) is 0.636. The maximum Gasteiger partial charge on any atom is 0.320 e. The van der Waals surface area contributed by atoms with Crippen LogP contribution in [0.4, 0.5) is 0 Å². The summed E-state index contributed by atoms with van der Waals surface area (Å²) in [5, 5.41) is 0. The van der Waals surface area contributed by atoms with E-state index in [2.05, 4.69) is 11.7 Å². The van der Waals surface area contributed by atoms with Crippen molar-refractivity contribution in [2.75, 3.05) is 0 Å². The summed E-state index contributed by atoms with van der Waals surface area (Å²) >= 11 is 0. The molecule has 4 unspecified atom stereocenters. The lowest BCUT2D eigenvalue weighted by atomic mass is 9.80. The summed E-state index contributed by atoms with van der Waals surface area (Å²) in [4.78, 5) is 22.8. The van der Waals surface area contributed by atoms with E-state index in [1.54, 1.807) is 0 Å². The summed E-state index contributed by atoms with van der Waals surface area (Å²) < 4.78 is 10.3. The zero-order valence-electron chi connectivity index (χ0n) is 8.43. The number of hydrogen-bond acceptors (Lipinski definition) is 4. The average molecular weight is 208 g/mol. The van der Waals surface area contributed by atoms with Crippen LogP contribution in [0.2, 0.25) is 0 Å². The predicted octanol–water partition coefficient (Wildman–Crippen LogP) is 0.810. The fourth-order valence-corrected chi connectivity index (χ4v) is 2.80. The number of hydrogen-bond donors (Lipinski definition) is 0. The lowest BCUT2D eigenvalue weighted by molar-refractivity contribution is -0.156. The van der Waals surface area contributed by atoms with Crippen LogP contribution in [-0.2, 0) is 19.1 Å². The molecule has 0 aromatic rings. The van der Waals surface area contributed by atoms with E-state index in [0.717, 1.165) is 18.4 Å². The average Bonchev–Trinajstić information content (AvgIpc) is 2.80. The van der Waals surface area contributed by atoms with Gasteiger partial charge in [0.25, 0.3) is 0 Å². The molecule has 4 atom stereocenters. The Morgan fingerprint density at radius 2 is 2.00 bits per heavy atom. The highest BCUT2D eigenvalue weighted by Gasteiger charge is 2.61. The van der Waals surface area contributed by atoms with Gasteiger partial charge in [-0.05, 0) is 12.0 Å². The number of carbonyl (C=O) groups is 2. The molecule has 0 aromatic carbocycles. The van der Waals surface area contributed by atoms with Crippen molar-refractivity contribution in [2.24, 2.45) is 11.8 Å². The van der Waals surface area contributed by atoms with Gasteiger partial charge in [0.05, 0.1) is 12.2 Å². The standard InChI is InChI=1S/C11H12O4/c1-2-3-5-4-6-7-8(9(5)14-6)11(13)15-10(7)12/h4,6-9H,2-3H2,1H3. The summed E-state index contributed by atoms with van der Waals surface area (Å²) in [5.74, 6) is -1.55. The van der Waals surface area contributed by atoms with Crippen molar-refractivity contribution in [3.63, 3.8) is 0 Å². The van der Waals surface area contributed by atoms with Crippen LogP contribution < -0.4 is 0 Å². The minimum Gasteiger partial charge on any atom is -0.393 e. The monoisotopic (exact) mass is 208 g/mol. The Hall–Kier alpha value is -1.16. The van der Waals surface area contributed by atoms with E-state index in [1.165, 1.54) is 0 Å². The zero-order chi connectivity index (χ0) is 10.6. The summed E-state index contributed by atoms with van der Waals surface area (Å²) in [6, 6.07) is 0. The topological polar surface area (TPSA) is 52.6 Å². The third-order valence-corrected chi connectivity index (χ3v) is 3.40. The van der Waals surface area contributed by atoms with Crippen LogP contribution in [0.25, 0.3) is 0 Å². The Labute approximate surface area is 87.2 Å². The van der Waals surface area contributed by atoms with Crippen LogP contribution in [0.15, 0.2) is 11.6 Å². The van der Waals surface area contributed by atoms with E-state index in [1.807, 2.05) is 6.08 Å². The molecule has 0 aromatic heterocycles. The van der Waals surface area contributed by atoms with Gasteiger partial charge in [-0.15, -0.1) is 0 Å². The normalized spacial score (nSPS) is 41.8. The molecule has 3 rings (SSSR count). The van der Waals surface area contributed by atoms with Crippen LogP contribution in [-0.4, -0.2) is 24.1 Å². The third-order valence-electron chi connectivity index (χ3n) is 3.40. The highest BCUT2D eigenvalue weighted by molar-refractivity contribution is 5.98. The lowest BCUT2D eigenvalue weighted by Crippen LogP contribution is -2.29. The van der Waals surface area contributed by atoms with Crippen molar-refractivity contribution < 1.29 is 19.1 Å². The van der Waals surface area contributed by atoms with Crippen molar-refractivity contribution in [1.82, 2.24) is 0 Å². The molecule has 0 aliphatic carbocycles. The van der Waals surface area contributed by atoms with E-state index in [9.17, 15) is 9.59 Å². The van der Waals surface area contributed by atoms with E-state index in [-0.39, 0.29) is 24.0 Å². The number of cyclic esters (lactones) is 2. The van der Waals surface area contributed by atoms with Gasteiger partial charge >= 0.3 is 11.9 Å². The molecule has 4 nitrogen and oxygen atoms in total. The fourth-order valence-electron chi connectivity index (χ4n) is 2.80. The van der Waals surface area contributed by atoms with Crippen molar-refractivity contribution in [1.29, 1.82) is 0 Å². The van der Waals surface area contributed by atoms with Gasteiger partial charge in [-0.25, -0.2) is 0 Å². The van der Waals surface area contributed by atoms with Gasteiger partial charge < -0.3 is 9.47 Å². The summed E-state index contributed by atoms with van der Waals surface area (Å²) in [6.07, 6.45) is 3.54. The summed E-state index contributed by atoms with van der Waals surface area (Å²) in [7, 11) is 0. The number of ether oxygens (including phenoxy) is 2. The number of rotatable bonds is 2. The first-order chi connectivity index (χ1) is 7.22. The molecule has 4 heteroatoms. The van der Waals surface area contributed by atoms with Gasteiger partial charge in [-0.1, -0.05) is 19.4 Å². The molecular weight excluding hydrogens is 196 g/mol. The molecule has 3 heterocycles. The molecule has 0 N–H and O–H groups in total. The number of fused-ring (bicyclic) bond motifs is 5. The van der Waals surface area contributed by atoms with Crippen LogP contribution in [0.5, 0.6) is 0 Å². The van der Waals surface area contributed by atoms with Crippen molar-refractivity contribution in [3.05, 3.63) is 11.6 Å². The second-order valence-corrected chi connectivity index (χ2v) is 4.30. The zero-order valence-corrected chi connectivity index (χ0v) is 8.43. The second kappa shape index (κ2) is 2.92. The highest BCUT2D eigenvalue weighted by atomic mass is 16.6. The first-order valence-electron chi connectivity index (χ1n) is 5.34. The molecule has 3 aliphatic heterocycles. The Bertz CT molecular complexity index is 371. The van der Waals surface area contributed by atoms with Crippen LogP contribution in [0.1, 0.15) is 19.8 Å². The van der Waals surface area contributed by atoms with E-state index >= 15 is 0 Å². The van der Waals surface area contributed by atoms with Gasteiger partial charge in [-0.2, -0.15) is 0 Å². The smallest absolute Gasteiger partial charge is 0.320 e. The Morgan fingerprint density at radius 3 is 2.73 bits per heavy atom. The van der Waals surface area contributed by atoms with Gasteiger partial charge in [-0.3, -0.25) is 9.59 Å². The van der Waals surface area contributed by atoms with E-state index in [4.69, 9.17) is 4.74 Å². The second-order valence-electron chi connectivity index (χ2n) is 4.30. The van der Waals surface area contributed by atoms with Crippen LogP contribution >= 0.6 is 0 Å². The van der Waals surface area contributed by atoms with Gasteiger partial charge in [0.2, 0.25) is 0 Å². The molecule has 15 heavy (non-hydrogen) atoms. The Kier molecular flexibility index (Phi) is 1.77. The maximum atomic E-state index is 11.5. The summed E-state index contributed by atoms with van der Waals surface area (Å²) in [6.45, 7) is 2.09. The van der Waals surface area contributed by atoms with Gasteiger partial charge in [0.1, 0.15) is 11.8 Å². The molecule has 0 amide bonds. The highest BCUT2D eigenvalue weighted by Crippen LogP contribution is 2.48. The first-order valence-corrected chi connectivity index (χ1v) is 5.34. The molecule has 0 spiro atoms. The third kappa shape index (κ3) is 1.05. The van der Waals surface area contributed by atoms with Crippen LogP contribution in [0.3, 0.4) is 0 Å². The molecular formula is C11H12O4. The minimum atomic E-state index is -0.413. The SMILES string of the molecule is CCCC1=CC2OC1C1C(=O)OC(=O)C21. The molecule has 80 valence electrons.